The molecule has 1 aliphatic heterocycles. The Balaban J connectivity index is 1.51. The second kappa shape index (κ2) is 10.1. The van der Waals surface area contributed by atoms with Gasteiger partial charge in [0, 0.05) is 51.8 Å². The molecule has 1 aromatic carbocycles. The minimum Gasteiger partial charge on any atom is -0.382 e. The van der Waals surface area contributed by atoms with Crippen LogP contribution in [0.5, 0.6) is 0 Å². The van der Waals surface area contributed by atoms with Crippen molar-refractivity contribution in [1.82, 2.24) is 29.6 Å². The van der Waals surface area contributed by atoms with Crippen molar-refractivity contribution in [3.8, 4) is 0 Å². The van der Waals surface area contributed by atoms with Gasteiger partial charge in [-0.3, -0.25) is 14.5 Å². The Hall–Kier alpha value is -3.79. The zero-order valence-corrected chi connectivity index (χ0v) is 21.2. The fourth-order valence-corrected chi connectivity index (χ4v) is 4.67. The lowest BCUT2D eigenvalue weighted by Gasteiger charge is -2.34. The van der Waals surface area contributed by atoms with Gasteiger partial charge in [0.1, 0.15) is 11.0 Å². The standard InChI is InChI=1S/C26H32N8O2/c1-17(16-36-4)34-24-23(15-28-34)30-26(33-11-9-32(10-12-33)19(3)35)31-25(24)29-18(2)21-13-20-7-5-6-8-22(20)27-14-21/h5-8,13-15,17-18H,9-12,16H2,1-4H3,(H,29,30,31)/t17?,18-/m1/s1. The zero-order chi connectivity index (χ0) is 25.2. The van der Waals surface area contributed by atoms with Crippen LogP contribution in [0.2, 0.25) is 0 Å². The van der Waals surface area contributed by atoms with Gasteiger partial charge in [-0.2, -0.15) is 10.1 Å². The monoisotopic (exact) mass is 488 g/mol. The zero-order valence-electron chi connectivity index (χ0n) is 21.2. The van der Waals surface area contributed by atoms with Crippen molar-refractivity contribution in [3.63, 3.8) is 0 Å². The molecule has 10 heteroatoms. The number of nitrogens with one attached hydrogen (secondary N) is 1. The number of pyridine rings is 1. The molecule has 1 N–H and O–H groups in total. The number of hydrogen-bond acceptors (Lipinski definition) is 8. The third-order valence-electron chi connectivity index (χ3n) is 6.73. The van der Waals surface area contributed by atoms with Gasteiger partial charge in [-0.1, -0.05) is 18.2 Å². The van der Waals surface area contributed by atoms with Crippen molar-refractivity contribution in [2.45, 2.75) is 32.9 Å². The normalized spacial score (nSPS) is 15.9. The number of fused-ring (bicyclic) bond motifs is 2. The van der Waals surface area contributed by atoms with E-state index in [1.807, 2.05) is 34.0 Å². The predicted molar refractivity (Wildman–Crippen MR) is 140 cm³/mol. The van der Waals surface area contributed by atoms with Gasteiger partial charge in [-0.15, -0.1) is 0 Å². The smallest absolute Gasteiger partial charge is 0.228 e. The number of benzene rings is 1. The van der Waals surface area contributed by atoms with Crippen molar-refractivity contribution in [3.05, 3.63) is 48.3 Å². The molecule has 0 bridgehead atoms. The van der Waals surface area contributed by atoms with Gasteiger partial charge in [0.15, 0.2) is 5.82 Å². The first-order chi connectivity index (χ1) is 17.4. The van der Waals surface area contributed by atoms with Gasteiger partial charge in [0.25, 0.3) is 0 Å². The average molecular weight is 489 g/mol. The van der Waals surface area contributed by atoms with Crippen LogP contribution in [-0.2, 0) is 9.53 Å². The van der Waals surface area contributed by atoms with Crippen LogP contribution < -0.4 is 10.2 Å². The summed E-state index contributed by atoms with van der Waals surface area (Å²) in [5.41, 5.74) is 3.64. The quantitative estimate of drug-likeness (QED) is 0.422. The number of aromatic nitrogens is 5. The summed E-state index contributed by atoms with van der Waals surface area (Å²) in [7, 11) is 1.69. The summed E-state index contributed by atoms with van der Waals surface area (Å²) in [6, 6.07) is 10.2. The van der Waals surface area contributed by atoms with E-state index in [4.69, 9.17) is 14.7 Å². The largest absolute Gasteiger partial charge is 0.382 e. The summed E-state index contributed by atoms with van der Waals surface area (Å²) in [6.07, 6.45) is 3.69. The Morgan fingerprint density at radius 3 is 2.61 bits per heavy atom. The van der Waals surface area contributed by atoms with Crippen LogP contribution in [0.25, 0.3) is 21.9 Å². The first-order valence-corrected chi connectivity index (χ1v) is 12.3. The number of ether oxygens (including phenoxy) is 1. The van der Waals surface area contributed by atoms with E-state index < -0.39 is 0 Å². The highest BCUT2D eigenvalue weighted by Gasteiger charge is 2.24. The molecule has 10 nitrogen and oxygen atoms in total. The minimum absolute atomic E-state index is 0.0132. The average Bonchev–Trinajstić information content (AvgIpc) is 3.33. The highest BCUT2D eigenvalue weighted by Crippen LogP contribution is 2.30. The van der Waals surface area contributed by atoms with Crippen LogP contribution in [0, 0.1) is 0 Å². The van der Waals surface area contributed by atoms with Crippen molar-refractivity contribution < 1.29 is 9.53 Å². The summed E-state index contributed by atoms with van der Waals surface area (Å²) in [6.45, 7) is 8.97. The second-order valence-electron chi connectivity index (χ2n) is 9.32. The van der Waals surface area contributed by atoms with E-state index in [0.29, 0.717) is 44.6 Å². The number of para-hydroxylation sites is 1. The summed E-state index contributed by atoms with van der Waals surface area (Å²) < 4.78 is 7.31. The van der Waals surface area contributed by atoms with Crippen LogP contribution in [0.15, 0.2) is 42.7 Å². The van der Waals surface area contributed by atoms with Crippen LogP contribution in [0.4, 0.5) is 11.8 Å². The molecule has 1 fully saturated rings. The highest BCUT2D eigenvalue weighted by atomic mass is 16.5. The molecule has 1 unspecified atom stereocenters. The van der Waals surface area contributed by atoms with Crippen molar-refractivity contribution in [2.75, 3.05) is 50.1 Å². The lowest BCUT2D eigenvalue weighted by Crippen LogP contribution is -2.48. The molecule has 3 aromatic heterocycles. The van der Waals surface area contributed by atoms with Crippen LogP contribution in [-0.4, -0.2) is 75.4 Å². The third-order valence-corrected chi connectivity index (χ3v) is 6.73. The number of hydrogen-bond donors (Lipinski definition) is 1. The van der Waals surface area contributed by atoms with E-state index in [-0.39, 0.29) is 18.0 Å². The number of carbonyl (C=O) groups is 1. The molecule has 4 heterocycles. The fourth-order valence-electron chi connectivity index (χ4n) is 4.67. The summed E-state index contributed by atoms with van der Waals surface area (Å²) in [4.78, 5) is 30.2. The number of rotatable bonds is 7. The Morgan fingerprint density at radius 2 is 1.86 bits per heavy atom. The number of amides is 1. The molecule has 0 saturated carbocycles. The Morgan fingerprint density at radius 1 is 1.08 bits per heavy atom. The molecule has 0 radical (unpaired) electrons. The number of anilines is 2. The maximum Gasteiger partial charge on any atom is 0.228 e. The molecular formula is C26H32N8O2. The fraction of sp³-hybridized carbons (Fsp3) is 0.423. The molecule has 5 rings (SSSR count). The van der Waals surface area contributed by atoms with Crippen molar-refractivity contribution in [2.24, 2.45) is 0 Å². The molecule has 4 aromatic rings. The predicted octanol–water partition coefficient (Wildman–Crippen LogP) is 3.42. The van der Waals surface area contributed by atoms with Gasteiger partial charge in [-0.05, 0) is 31.5 Å². The Kier molecular flexibility index (Phi) is 6.69. The van der Waals surface area contributed by atoms with Gasteiger partial charge in [-0.25, -0.2) is 4.98 Å². The SMILES string of the molecule is COCC(C)n1ncc2nc(N3CCN(C(C)=O)CC3)nc(N[C@H](C)c3cnc4ccccc4c3)c21. The Labute approximate surface area is 210 Å². The van der Waals surface area contributed by atoms with E-state index in [0.717, 1.165) is 27.5 Å². The second-order valence-corrected chi connectivity index (χ2v) is 9.32. The van der Waals surface area contributed by atoms with E-state index >= 15 is 0 Å². The lowest BCUT2D eigenvalue weighted by molar-refractivity contribution is -0.129. The minimum atomic E-state index is -0.0521. The van der Waals surface area contributed by atoms with Crippen LogP contribution >= 0.6 is 0 Å². The summed E-state index contributed by atoms with van der Waals surface area (Å²) in [5.74, 6) is 1.45. The van der Waals surface area contributed by atoms with Crippen LogP contribution in [0.1, 0.15) is 38.4 Å². The number of methoxy groups -OCH3 is 1. The molecule has 36 heavy (non-hydrogen) atoms. The molecule has 1 saturated heterocycles. The first kappa shape index (κ1) is 23.9. The number of carbonyl (C=O) groups excluding carboxylic acids is 1. The molecule has 188 valence electrons. The van der Waals surface area contributed by atoms with Crippen LogP contribution in [0.3, 0.4) is 0 Å². The highest BCUT2D eigenvalue weighted by molar-refractivity contribution is 5.87. The first-order valence-electron chi connectivity index (χ1n) is 12.3. The molecule has 1 amide bonds. The number of nitrogens with zero attached hydrogens (tertiary/aromatic N) is 7. The van der Waals surface area contributed by atoms with E-state index in [1.165, 1.54) is 0 Å². The van der Waals surface area contributed by atoms with E-state index in [2.05, 4.69) is 46.3 Å². The Bertz CT molecular complexity index is 1380. The maximum absolute atomic E-state index is 11.8. The van der Waals surface area contributed by atoms with Crippen molar-refractivity contribution >= 4 is 39.6 Å². The molecular weight excluding hydrogens is 456 g/mol. The van der Waals surface area contributed by atoms with Gasteiger partial charge in [0.2, 0.25) is 11.9 Å². The topological polar surface area (TPSA) is 101 Å². The molecule has 0 spiro atoms. The number of piperazine rings is 1. The molecule has 2 atom stereocenters. The molecule has 0 aliphatic carbocycles. The summed E-state index contributed by atoms with van der Waals surface area (Å²) >= 11 is 0. The lowest BCUT2D eigenvalue weighted by atomic mass is 10.1. The third kappa shape index (κ3) is 4.68. The molecule has 1 aliphatic rings. The van der Waals surface area contributed by atoms with E-state index in [9.17, 15) is 4.79 Å². The van der Waals surface area contributed by atoms with E-state index in [1.54, 1.807) is 20.2 Å². The van der Waals surface area contributed by atoms with Crippen molar-refractivity contribution in [1.29, 1.82) is 0 Å². The van der Waals surface area contributed by atoms with Gasteiger partial charge in [0.05, 0.1) is 30.4 Å². The van der Waals surface area contributed by atoms with Gasteiger partial charge < -0.3 is 19.9 Å². The summed E-state index contributed by atoms with van der Waals surface area (Å²) in [5, 5.41) is 9.34. The van der Waals surface area contributed by atoms with Gasteiger partial charge >= 0.3 is 0 Å². The maximum atomic E-state index is 11.8.